The Hall–Kier alpha value is -1.05. The number of carbonyl (C=O) groups is 1. The van der Waals surface area contributed by atoms with Crippen molar-refractivity contribution in [2.75, 3.05) is 0 Å². The number of hydrogen-bond acceptors (Lipinski definition) is 1. The molecule has 0 aromatic rings. The van der Waals surface area contributed by atoms with Crippen LogP contribution in [0.3, 0.4) is 0 Å². The normalized spacial score (nSPS) is 10.9. The average molecular weight is 311 g/mol. The molecule has 0 spiro atoms. The molecule has 0 saturated heterocycles. The van der Waals surface area contributed by atoms with E-state index in [1.165, 1.54) is 83.1 Å². The number of unbranched alkanes of at least 4 members (excludes halogenated alkanes) is 10. The van der Waals surface area contributed by atoms with Gasteiger partial charge >= 0.3 is 5.97 Å². The fourth-order valence-corrected chi connectivity index (χ4v) is 2.10. The number of aliphatic carboxylic acids is 1. The molecule has 0 bridgehead atoms. The maximum absolute atomic E-state index is 9.51. The van der Waals surface area contributed by atoms with Crippen molar-refractivity contribution in [1.29, 1.82) is 0 Å². The van der Waals surface area contributed by atoms with E-state index < -0.39 is 5.97 Å². The summed E-state index contributed by atoms with van der Waals surface area (Å²) >= 11 is 0. The summed E-state index contributed by atoms with van der Waals surface area (Å²) in [5, 5.41) is 7.83. The van der Waals surface area contributed by atoms with E-state index in [9.17, 15) is 4.79 Å². The van der Waals surface area contributed by atoms with Crippen LogP contribution < -0.4 is 0 Å². The van der Waals surface area contributed by atoms with Crippen molar-refractivity contribution in [2.45, 2.75) is 97.8 Å². The molecule has 0 radical (unpaired) electrons. The van der Waals surface area contributed by atoms with E-state index in [4.69, 9.17) is 5.11 Å². The summed E-state index contributed by atoms with van der Waals surface area (Å²) in [7, 11) is 0. The summed E-state index contributed by atoms with van der Waals surface area (Å²) in [5.41, 5.74) is 0. The molecular weight excluding hydrogens is 272 g/mol. The van der Waals surface area contributed by atoms with Gasteiger partial charge in [-0.3, -0.25) is 0 Å². The Kier molecular flexibility index (Phi) is 23.5. The van der Waals surface area contributed by atoms with Crippen molar-refractivity contribution in [2.24, 2.45) is 0 Å². The largest absolute Gasteiger partial charge is 0.478 e. The minimum Gasteiger partial charge on any atom is -0.478 e. The fraction of sp³-hybridized carbons (Fsp3) is 0.750. The molecule has 0 atom stereocenters. The summed E-state index contributed by atoms with van der Waals surface area (Å²) in [6.07, 6.45) is 24.0. The molecule has 0 heterocycles. The number of rotatable bonds is 13. The van der Waals surface area contributed by atoms with Crippen molar-refractivity contribution in [3.8, 4) is 0 Å². The lowest BCUT2D eigenvalue weighted by Gasteiger charge is -1.99. The number of hydrogen-bond donors (Lipinski definition) is 1. The van der Waals surface area contributed by atoms with Gasteiger partial charge in [0, 0.05) is 6.08 Å². The van der Waals surface area contributed by atoms with Crippen LogP contribution in [0.2, 0.25) is 0 Å². The third-order valence-electron chi connectivity index (χ3n) is 3.42. The van der Waals surface area contributed by atoms with Gasteiger partial charge in [-0.05, 0) is 26.2 Å². The minimum atomic E-state index is -0.891. The maximum atomic E-state index is 9.51. The lowest BCUT2D eigenvalue weighted by molar-refractivity contribution is -0.131. The molecule has 130 valence electrons. The molecule has 0 fully saturated rings. The second-order valence-corrected chi connectivity index (χ2v) is 5.72. The third-order valence-corrected chi connectivity index (χ3v) is 3.42. The number of allylic oxidation sites excluding steroid dienone is 3. The molecule has 0 aliphatic rings. The molecule has 0 aliphatic carbocycles. The zero-order chi connectivity index (χ0) is 16.9. The van der Waals surface area contributed by atoms with Gasteiger partial charge in [-0.25, -0.2) is 4.79 Å². The molecule has 0 amide bonds. The van der Waals surface area contributed by atoms with E-state index in [-0.39, 0.29) is 0 Å². The maximum Gasteiger partial charge on any atom is 0.327 e. The highest BCUT2D eigenvalue weighted by Gasteiger charge is 1.90. The quantitative estimate of drug-likeness (QED) is 0.228. The standard InChI is InChI=1S/C16H32.C4H6O2/c1-3-5-7-9-11-13-15-16-14-12-10-8-6-4-2;1-2-3-4(5)6/h9,11H,3-8,10,12-16H2,1-2H3;2-3H,1H3,(H,5,6)/b11-9-;. The molecule has 0 aliphatic heterocycles. The highest BCUT2D eigenvalue weighted by molar-refractivity contribution is 5.79. The predicted molar refractivity (Wildman–Crippen MR) is 98.3 cm³/mol. The molecule has 1 N–H and O–H groups in total. The molecule has 0 aromatic heterocycles. The van der Waals surface area contributed by atoms with Gasteiger partial charge in [-0.1, -0.05) is 89.9 Å². The first-order valence-electron chi connectivity index (χ1n) is 9.19. The van der Waals surface area contributed by atoms with Gasteiger partial charge in [0.25, 0.3) is 0 Å². The minimum absolute atomic E-state index is 0.891. The van der Waals surface area contributed by atoms with Gasteiger partial charge in [-0.15, -0.1) is 0 Å². The van der Waals surface area contributed by atoms with Crippen molar-refractivity contribution in [3.05, 3.63) is 24.3 Å². The molecule has 2 heteroatoms. The topological polar surface area (TPSA) is 37.3 Å². The molecule has 0 unspecified atom stereocenters. The van der Waals surface area contributed by atoms with E-state index in [1.807, 2.05) is 0 Å². The highest BCUT2D eigenvalue weighted by Crippen LogP contribution is 2.09. The Labute approximate surface area is 138 Å². The molecule has 0 saturated carbocycles. The zero-order valence-electron chi connectivity index (χ0n) is 15.2. The second kappa shape index (κ2) is 22.2. The average Bonchev–Trinajstić information content (AvgIpc) is 2.49. The third kappa shape index (κ3) is 27.3. The van der Waals surface area contributed by atoms with Crippen LogP contribution in [-0.2, 0) is 4.79 Å². The van der Waals surface area contributed by atoms with Crippen LogP contribution >= 0.6 is 0 Å². The lowest BCUT2D eigenvalue weighted by atomic mass is 10.1. The van der Waals surface area contributed by atoms with Crippen LogP contribution in [0, 0.1) is 0 Å². The van der Waals surface area contributed by atoms with Crippen molar-refractivity contribution in [1.82, 2.24) is 0 Å². The summed E-state index contributed by atoms with van der Waals surface area (Å²) in [6, 6.07) is 0. The van der Waals surface area contributed by atoms with Gasteiger partial charge in [0.2, 0.25) is 0 Å². The summed E-state index contributed by atoms with van der Waals surface area (Å²) in [5.74, 6) is -0.891. The van der Waals surface area contributed by atoms with Crippen LogP contribution in [0.4, 0.5) is 0 Å². The van der Waals surface area contributed by atoms with E-state index in [1.54, 1.807) is 6.92 Å². The predicted octanol–water partition coefficient (Wildman–Crippen LogP) is 6.91. The SMILES string of the molecule is CC=CC(=O)O.CCCC/C=C\CCCCCCCCCC. The van der Waals surface area contributed by atoms with Gasteiger partial charge in [0.1, 0.15) is 0 Å². The molecule has 0 rings (SSSR count). The Bertz CT molecular complexity index is 267. The van der Waals surface area contributed by atoms with Gasteiger partial charge in [-0.2, -0.15) is 0 Å². The highest BCUT2D eigenvalue weighted by atomic mass is 16.4. The second-order valence-electron chi connectivity index (χ2n) is 5.72. The monoisotopic (exact) mass is 310 g/mol. The number of carboxylic acid groups (broad SMARTS) is 1. The van der Waals surface area contributed by atoms with E-state index in [0.717, 1.165) is 6.08 Å². The van der Waals surface area contributed by atoms with Crippen molar-refractivity contribution in [3.63, 3.8) is 0 Å². The van der Waals surface area contributed by atoms with E-state index in [2.05, 4.69) is 26.0 Å². The molecule has 2 nitrogen and oxygen atoms in total. The Morgan fingerprint density at radius 2 is 1.23 bits per heavy atom. The van der Waals surface area contributed by atoms with Crippen LogP contribution in [-0.4, -0.2) is 11.1 Å². The van der Waals surface area contributed by atoms with Gasteiger partial charge in [0.05, 0.1) is 0 Å². The lowest BCUT2D eigenvalue weighted by Crippen LogP contribution is -1.83. The summed E-state index contributed by atoms with van der Waals surface area (Å²) in [4.78, 5) is 9.51. The molecule has 22 heavy (non-hydrogen) atoms. The Morgan fingerprint density at radius 1 is 0.773 bits per heavy atom. The van der Waals surface area contributed by atoms with E-state index >= 15 is 0 Å². The zero-order valence-corrected chi connectivity index (χ0v) is 15.2. The Morgan fingerprint density at radius 3 is 1.64 bits per heavy atom. The first kappa shape index (κ1) is 23.2. The molecule has 0 aromatic carbocycles. The first-order valence-corrected chi connectivity index (χ1v) is 9.19. The van der Waals surface area contributed by atoms with Gasteiger partial charge < -0.3 is 5.11 Å². The van der Waals surface area contributed by atoms with E-state index in [0.29, 0.717) is 0 Å². The smallest absolute Gasteiger partial charge is 0.327 e. The summed E-state index contributed by atoms with van der Waals surface area (Å²) < 4.78 is 0. The van der Waals surface area contributed by atoms with Crippen LogP contribution in [0.25, 0.3) is 0 Å². The Balaban J connectivity index is 0. The van der Waals surface area contributed by atoms with Crippen LogP contribution in [0.1, 0.15) is 97.8 Å². The van der Waals surface area contributed by atoms with Crippen LogP contribution in [0.15, 0.2) is 24.3 Å². The van der Waals surface area contributed by atoms with Crippen LogP contribution in [0.5, 0.6) is 0 Å². The van der Waals surface area contributed by atoms with Gasteiger partial charge in [0.15, 0.2) is 0 Å². The molecular formula is C20H38O2. The van der Waals surface area contributed by atoms with Crippen molar-refractivity contribution < 1.29 is 9.90 Å². The van der Waals surface area contributed by atoms with Crippen molar-refractivity contribution >= 4 is 5.97 Å². The first-order chi connectivity index (χ1) is 10.7. The fourth-order valence-electron chi connectivity index (χ4n) is 2.10. The number of carboxylic acids is 1. The summed E-state index contributed by atoms with van der Waals surface area (Å²) in [6.45, 7) is 6.20.